The summed E-state index contributed by atoms with van der Waals surface area (Å²) in [5.41, 5.74) is 2.76. The van der Waals surface area contributed by atoms with Gasteiger partial charge in [-0.3, -0.25) is 9.69 Å². The standard InChI is InChI=1S/C20H19ClN2O2S/c1-4-25-17-10-5-14(11-13(17)2)12-18-19(24)23(3)20(26-18)22-16-8-6-15(21)7-9-16/h5-12H,4H2,1-3H3/b18-12-,22-20?. The quantitative estimate of drug-likeness (QED) is 0.671. The van der Waals surface area contributed by atoms with Crippen LogP contribution in [0, 0.1) is 6.92 Å². The summed E-state index contributed by atoms with van der Waals surface area (Å²) in [6.45, 7) is 4.58. The molecular formula is C20H19ClN2O2S. The summed E-state index contributed by atoms with van der Waals surface area (Å²) in [4.78, 5) is 19.3. The summed E-state index contributed by atoms with van der Waals surface area (Å²) < 4.78 is 5.56. The third-order valence-corrected chi connectivity index (χ3v) is 5.16. The molecule has 0 bridgehead atoms. The number of hydrogen-bond acceptors (Lipinski definition) is 4. The average Bonchev–Trinajstić information content (AvgIpc) is 2.87. The number of nitrogens with zero attached hydrogens (tertiary/aromatic N) is 2. The molecule has 6 heteroatoms. The van der Waals surface area contributed by atoms with Crippen molar-refractivity contribution in [1.82, 2.24) is 4.90 Å². The van der Waals surface area contributed by atoms with Crippen molar-refractivity contribution in [3.8, 4) is 5.75 Å². The van der Waals surface area contributed by atoms with Gasteiger partial charge >= 0.3 is 0 Å². The highest BCUT2D eigenvalue weighted by molar-refractivity contribution is 8.18. The van der Waals surface area contributed by atoms with Gasteiger partial charge in [0.2, 0.25) is 0 Å². The molecule has 3 rings (SSSR count). The van der Waals surface area contributed by atoms with E-state index in [1.165, 1.54) is 11.8 Å². The van der Waals surface area contributed by atoms with Gasteiger partial charge in [-0.05, 0) is 79.2 Å². The lowest BCUT2D eigenvalue weighted by Crippen LogP contribution is -2.23. The maximum Gasteiger partial charge on any atom is 0.266 e. The molecule has 0 aliphatic carbocycles. The lowest BCUT2D eigenvalue weighted by molar-refractivity contribution is -0.121. The molecule has 0 radical (unpaired) electrons. The Kier molecular flexibility index (Phi) is 5.69. The molecule has 0 unspecified atom stereocenters. The van der Waals surface area contributed by atoms with E-state index in [1.54, 1.807) is 24.1 Å². The predicted octanol–water partition coefficient (Wildman–Crippen LogP) is 5.28. The Labute approximate surface area is 162 Å². The molecule has 0 spiro atoms. The second-order valence-electron chi connectivity index (χ2n) is 5.80. The number of rotatable bonds is 4. The molecule has 134 valence electrons. The van der Waals surface area contributed by atoms with Gasteiger partial charge in [0, 0.05) is 12.1 Å². The Hall–Kier alpha value is -2.24. The fraction of sp³-hybridized carbons (Fsp3) is 0.200. The number of carbonyl (C=O) groups excluding carboxylic acids is 1. The second-order valence-corrected chi connectivity index (χ2v) is 7.25. The van der Waals surface area contributed by atoms with Crippen LogP contribution in [0.4, 0.5) is 5.69 Å². The van der Waals surface area contributed by atoms with E-state index in [1.807, 2.05) is 50.3 Å². The van der Waals surface area contributed by atoms with Crippen molar-refractivity contribution >= 4 is 46.2 Å². The van der Waals surface area contributed by atoms with E-state index < -0.39 is 0 Å². The van der Waals surface area contributed by atoms with Crippen LogP contribution in [0.25, 0.3) is 6.08 Å². The molecule has 1 aliphatic heterocycles. The van der Waals surface area contributed by atoms with Crippen molar-refractivity contribution in [3.63, 3.8) is 0 Å². The van der Waals surface area contributed by atoms with Gasteiger partial charge in [0.05, 0.1) is 17.2 Å². The summed E-state index contributed by atoms with van der Waals surface area (Å²) in [5, 5.41) is 1.30. The number of halogens is 1. The number of aliphatic imine (C=N–C) groups is 1. The van der Waals surface area contributed by atoms with Crippen molar-refractivity contribution in [2.24, 2.45) is 4.99 Å². The zero-order valence-corrected chi connectivity index (χ0v) is 16.4. The van der Waals surface area contributed by atoms with Crippen LogP contribution in [-0.2, 0) is 4.79 Å². The molecule has 2 aromatic rings. The molecule has 0 N–H and O–H groups in total. The van der Waals surface area contributed by atoms with Crippen molar-refractivity contribution in [2.45, 2.75) is 13.8 Å². The molecule has 0 atom stereocenters. The number of benzene rings is 2. The van der Waals surface area contributed by atoms with Crippen molar-refractivity contribution in [2.75, 3.05) is 13.7 Å². The van der Waals surface area contributed by atoms with E-state index in [-0.39, 0.29) is 5.91 Å². The number of carbonyl (C=O) groups is 1. The summed E-state index contributed by atoms with van der Waals surface area (Å²) in [5.74, 6) is 0.802. The van der Waals surface area contributed by atoms with E-state index >= 15 is 0 Å². The van der Waals surface area contributed by atoms with Crippen molar-refractivity contribution in [1.29, 1.82) is 0 Å². The lowest BCUT2D eigenvalue weighted by Gasteiger charge is -2.07. The number of amidine groups is 1. The molecule has 1 fully saturated rings. The van der Waals surface area contributed by atoms with Gasteiger partial charge in [-0.25, -0.2) is 4.99 Å². The number of hydrogen-bond donors (Lipinski definition) is 0. The number of likely N-dealkylation sites (N-methyl/N-ethyl adjacent to an activating group) is 1. The second kappa shape index (κ2) is 7.98. The van der Waals surface area contributed by atoms with E-state index in [4.69, 9.17) is 16.3 Å². The largest absolute Gasteiger partial charge is 0.494 e. The molecule has 1 aliphatic rings. The Bertz CT molecular complexity index is 891. The van der Waals surface area contributed by atoms with E-state index in [9.17, 15) is 4.79 Å². The van der Waals surface area contributed by atoms with Crippen LogP contribution in [-0.4, -0.2) is 29.6 Å². The number of aryl methyl sites for hydroxylation is 1. The molecular weight excluding hydrogens is 368 g/mol. The normalized spacial score (nSPS) is 17.4. The Morgan fingerprint density at radius 1 is 1.23 bits per heavy atom. The lowest BCUT2D eigenvalue weighted by atomic mass is 10.1. The summed E-state index contributed by atoms with van der Waals surface area (Å²) in [6.07, 6.45) is 1.89. The summed E-state index contributed by atoms with van der Waals surface area (Å²) in [6, 6.07) is 13.1. The minimum absolute atomic E-state index is 0.0609. The van der Waals surface area contributed by atoms with Crippen LogP contribution < -0.4 is 4.74 Å². The van der Waals surface area contributed by atoms with Crippen LogP contribution in [0.1, 0.15) is 18.1 Å². The first-order valence-electron chi connectivity index (χ1n) is 8.23. The first-order chi connectivity index (χ1) is 12.5. The van der Waals surface area contributed by atoms with Gasteiger partial charge in [-0.2, -0.15) is 0 Å². The fourth-order valence-corrected chi connectivity index (χ4v) is 3.62. The SMILES string of the molecule is CCOc1ccc(/C=C2\SC(=Nc3ccc(Cl)cc3)N(C)C2=O)cc1C. The minimum Gasteiger partial charge on any atom is -0.494 e. The zero-order chi connectivity index (χ0) is 18.7. The zero-order valence-electron chi connectivity index (χ0n) is 14.8. The van der Waals surface area contributed by atoms with Crippen LogP contribution in [0.15, 0.2) is 52.4 Å². The highest BCUT2D eigenvalue weighted by Crippen LogP contribution is 2.33. The smallest absolute Gasteiger partial charge is 0.266 e. The Morgan fingerprint density at radius 2 is 1.96 bits per heavy atom. The van der Waals surface area contributed by atoms with Crippen LogP contribution >= 0.6 is 23.4 Å². The molecule has 4 nitrogen and oxygen atoms in total. The van der Waals surface area contributed by atoms with E-state index in [0.29, 0.717) is 21.7 Å². The molecule has 0 aromatic heterocycles. The highest BCUT2D eigenvalue weighted by Gasteiger charge is 2.30. The van der Waals surface area contributed by atoms with Crippen LogP contribution in [0.3, 0.4) is 0 Å². The monoisotopic (exact) mass is 386 g/mol. The predicted molar refractivity (Wildman–Crippen MR) is 109 cm³/mol. The maximum absolute atomic E-state index is 12.5. The van der Waals surface area contributed by atoms with E-state index in [0.717, 1.165) is 22.6 Å². The topological polar surface area (TPSA) is 41.9 Å². The van der Waals surface area contributed by atoms with Crippen molar-refractivity contribution in [3.05, 3.63) is 63.5 Å². The molecule has 1 heterocycles. The fourth-order valence-electron chi connectivity index (χ4n) is 2.51. The third-order valence-electron chi connectivity index (χ3n) is 3.85. The summed E-state index contributed by atoms with van der Waals surface area (Å²) >= 11 is 7.27. The minimum atomic E-state index is -0.0609. The molecule has 1 saturated heterocycles. The molecule has 26 heavy (non-hydrogen) atoms. The summed E-state index contributed by atoms with van der Waals surface area (Å²) in [7, 11) is 1.73. The Balaban J connectivity index is 1.85. The molecule has 0 saturated carbocycles. The van der Waals surface area contributed by atoms with Gasteiger partial charge in [0.25, 0.3) is 5.91 Å². The molecule has 1 amide bonds. The van der Waals surface area contributed by atoms with Gasteiger partial charge in [0.15, 0.2) is 5.17 Å². The first-order valence-corrected chi connectivity index (χ1v) is 9.42. The number of thioether (sulfide) groups is 1. The van der Waals surface area contributed by atoms with Crippen LogP contribution in [0.2, 0.25) is 5.02 Å². The average molecular weight is 387 g/mol. The van der Waals surface area contributed by atoms with Gasteiger partial charge in [-0.15, -0.1) is 0 Å². The highest BCUT2D eigenvalue weighted by atomic mass is 35.5. The molecule has 2 aromatic carbocycles. The number of amides is 1. The first kappa shape index (κ1) is 18.5. The van der Waals surface area contributed by atoms with Crippen LogP contribution in [0.5, 0.6) is 5.75 Å². The van der Waals surface area contributed by atoms with Gasteiger partial charge < -0.3 is 4.74 Å². The van der Waals surface area contributed by atoms with E-state index in [2.05, 4.69) is 4.99 Å². The van der Waals surface area contributed by atoms with Crippen molar-refractivity contribution < 1.29 is 9.53 Å². The Morgan fingerprint density at radius 3 is 2.62 bits per heavy atom. The van der Waals surface area contributed by atoms with Gasteiger partial charge in [0.1, 0.15) is 5.75 Å². The maximum atomic E-state index is 12.5. The third kappa shape index (κ3) is 4.11. The van der Waals surface area contributed by atoms with Gasteiger partial charge in [-0.1, -0.05) is 17.7 Å². The number of ether oxygens (including phenoxy) is 1.